The fraction of sp³-hybridized carbons (Fsp3) is 1.00. The van der Waals surface area contributed by atoms with Crippen LogP contribution in [0.2, 0.25) is 0 Å². The molecule has 1 aliphatic carbocycles. The summed E-state index contributed by atoms with van der Waals surface area (Å²) in [6.45, 7) is 6.72. The van der Waals surface area contributed by atoms with Gasteiger partial charge in [0.2, 0.25) is 0 Å². The Bertz CT molecular complexity index is 203. The van der Waals surface area contributed by atoms with Crippen molar-refractivity contribution in [3.63, 3.8) is 0 Å². The van der Waals surface area contributed by atoms with E-state index in [0.29, 0.717) is 5.92 Å². The van der Waals surface area contributed by atoms with Gasteiger partial charge in [-0.2, -0.15) is 0 Å². The first-order valence-corrected chi connectivity index (χ1v) is 7.31. The number of rotatable bonds is 6. The molecule has 1 atom stereocenters. The first-order valence-electron chi connectivity index (χ1n) is 7.31. The van der Waals surface area contributed by atoms with Crippen molar-refractivity contribution in [3.8, 4) is 0 Å². The van der Waals surface area contributed by atoms with Gasteiger partial charge in [0, 0.05) is 7.11 Å². The van der Waals surface area contributed by atoms with Crippen LogP contribution in [0.3, 0.4) is 0 Å². The van der Waals surface area contributed by atoms with Crippen LogP contribution in [0.1, 0.15) is 65.7 Å². The van der Waals surface area contributed by atoms with Gasteiger partial charge in [-0.15, -0.1) is 0 Å². The van der Waals surface area contributed by atoms with E-state index >= 15 is 0 Å². The Balaban J connectivity index is 2.59. The molecule has 2 heteroatoms. The van der Waals surface area contributed by atoms with Crippen molar-refractivity contribution in [3.05, 3.63) is 0 Å². The van der Waals surface area contributed by atoms with Crippen molar-refractivity contribution in [2.45, 2.75) is 77.4 Å². The molecule has 2 nitrogen and oxygen atoms in total. The lowest BCUT2D eigenvalue weighted by atomic mass is 9.74. The molecule has 1 fully saturated rings. The van der Waals surface area contributed by atoms with Crippen LogP contribution < -0.4 is 0 Å². The van der Waals surface area contributed by atoms with Crippen molar-refractivity contribution in [2.75, 3.05) is 7.11 Å². The monoisotopic (exact) mass is 242 g/mol. The molecule has 1 rings (SSSR count). The quantitative estimate of drug-likeness (QED) is 0.768. The average Bonchev–Trinajstić information content (AvgIpc) is 2.37. The normalized spacial score (nSPS) is 31.8. The topological polar surface area (TPSA) is 29.5 Å². The second kappa shape index (κ2) is 6.75. The third kappa shape index (κ3) is 3.69. The highest BCUT2D eigenvalue weighted by atomic mass is 16.5. The summed E-state index contributed by atoms with van der Waals surface area (Å²) in [5.41, 5.74) is -0.255. The fourth-order valence-corrected chi connectivity index (χ4v) is 3.08. The maximum atomic E-state index is 10.5. The third-order valence-corrected chi connectivity index (χ3v) is 4.85. The molecule has 0 heterocycles. The van der Waals surface area contributed by atoms with E-state index in [4.69, 9.17) is 4.74 Å². The molecule has 1 N–H and O–H groups in total. The molecule has 0 aromatic carbocycles. The van der Waals surface area contributed by atoms with Gasteiger partial charge in [0.05, 0.1) is 11.7 Å². The van der Waals surface area contributed by atoms with E-state index in [0.717, 1.165) is 38.0 Å². The van der Waals surface area contributed by atoms with E-state index in [-0.39, 0.29) is 11.7 Å². The number of ether oxygens (including phenoxy) is 1. The van der Waals surface area contributed by atoms with E-state index in [9.17, 15) is 5.11 Å². The molecule has 1 saturated carbocycles. The minimum absolute atomic E-state index is 0.255. The first kappa shape index (κ1) is 15.0. The molecule has 1 unspecified atom stereocenters. The van der Waals surface area contributed by atoms with E-state index < -0.39 is 0 Å². The van der Waals surface area contributed by atoms with E-state index in [1.165, 1.54) is 12.8 Å². The van der Waals surface area contributed by atoms with E-state index in [1.54, 1.807) is 7.11 Å². The lowest BCUT2D eigenvalue weighted by Gasteiger charge is -2.42. The summed E-state index contributed by atoms with van der Waals surface area (Å²) in [4.78, 5) is 0. The van der Waals surface area contributed by atoms with Gasteiger partial charge < -0.3 is 9.84 Å². The molecular formula is C15H30O2. The Labute approximate surface area is 107 Å². The van der Waals surface area contributed by atoms with Gasteiger partial charge in [0.25, 0.3) is 0 Å². The summed E-state index contributed by atoms with van der Waals surface area (Å²) in [6.07, 6.45) is 7.34. The van der Waals surface area contributed by atoms with Crippen LogP contribution >= 0.6 is 0 Å². The van der Waals surface area contributed by atoms with Gasteiger partial charge in [-0.25, -0.2) is 0 Å². The number of hydrogen-bond acceptors (Lipinski definition) is 2. The van der Waals surface area contributed by atoms with Crippen LogP contribution in [0.25, 0.3) is 0 Å². The van der Waals surface area contributed by atoms with Gasteiger partial charge in [-0.1, -0.05) is 33.6 Å². The highest BCUT2D eigenvalue weighted by molar-refractivity contribution is 4.93. The van der Waals surface area contributed by atoms with Crippen molar-refractivity contribution in [1.82, 2.24) is 0 Å². The van der Waals surface area contributed by atoms with E-state index in [1.807, 2.05) is 0 Å². The van der Waals surface area contributed by atoms with Crippen LogP contribution in [0.4, 0.5) is 0 Å². The molecule has 17 heavy (non-hydrogen) atoms. The molecule has 0 aromatic heterocycles. The standard InChI is InChI=1S/C15H30O2/c1-5-13(6-2)11-14(16)15(17-4)9-7-12(3)8-10-15/h12-14,16H,5-11H2,1-4H3. The summed E-state index contributed by atoms with van der Waals surface area (Å²) in [5, 5.41) is 10.5. The van der Waals surface area contributed by atoms with Gasteiger partial charge in [0.15, 0.2) is 0 Å². The molecule has 0 bridgehead atoms. The minimum atomic E-state index is -0.287. The maximum absolute atomic E-state index is 10.5. The highest BCUT2D eigenvalue weighted by Gasteiger charge is 2.41. The molecule has 1 aliphatic rings. The second-order valence-corrected chi connectivity index (χ2v) is 5.89. The summed E-state index contributed by atoms with van der Waals surface area (Å²) in [5.74, 6) is 1.43. The van der Waals surface area contributed by atoms with Gasteiger partial charge in [-0.3, -0.25) is 0 Å². The second-order valence-electron chi connectivity index (χ2n) is 5.89. The highest BCUT2D eigenvalue weighted by Crippen LogP contribution is 2.39. The Hall–Kier alpha value is -0.0800. The molecule has 102 valence electrons. The molecule has 0 saturated heterocycles. The van der Waals surface area contributed by atoms with Crippen LogP contribution in [-0.2, 0) is 4.74 Å². The number of aliphatic hydroxyl groups is 1. The molecule has 0 aromatic rings. The zero-order valence-corrected chi connectivity index (χ0v) is 12.0. The zero-order valence-electron chi connectivity index (χ0n) is 12.0. The number of hydrogen-bond donors (Lipinski definition) is 1. The molecule has 0 spiro atoms. The predicted octanol–water partition coefficient (Wildman–Crippen LogP) is 3.77. The Morgan fingerprint density at radius 3 is 2.18 bits per heavy atom. The maximum Gasteiger partial charge on any atom is 0.0936 e. The number of aliphatic hydroxyl groups excluding tert-OH is 1. The predicted molar refractivity (Wildman–Crippen MR) is 72.1 cm³/mol. The third-order valence-electron chi connectivity index (χ3n) is 4.85. The molecule has 0 amide bonds. The lowest BCUT2D eigenvalue weighted by Crippen LogP contribution is -2.47. The van der Waals surface area contributed by atoms with Gasteiger partial charge >= 0.3 is 0 Å². The molecule has 0 aliphatic heterocycles. The summed E-state index contributed by atoms with van der Waals surface area (Å²) < 4.78 is 5.73. The zero-order chi connectivity index (χ0) is 12.9. The lowest BCUT2D eigenvalue weighted by molar-refractivity contribution is -0.134. The van der Waals surface area contributed by atoms with Crippen LogP contribution in [0.5, 0.6) is 0 Å². The van der Waals surface area contributed by atoms with E-state index in [2.05, 4.69) is 20.8 Å². The summed E-state index contributed by atoms with van der Waals surface area (Å²) >= 11 is 0. The Morgan fingerprint density at radius 2 is 1.76 bits per heavy atom. The van der Waals surface area contributed by atoms with Gasteiger partial charge in [-0.05, 0) is 43.9 Å². The largest absolute Gasteiger partial charge is 0.390 e. The van der Waals surface area contributed by atoms with Crippen molar-refractivity contribution in [2.24, 2.45) is 11.8 Å². The first-order chi connectivity index (χ1) is 8.07. The fourth-order valence-electron chi connectivity index (χ4n) is 3.08. The Morgan fingerprint density at radius 1 is 1.24 bits per heavy atom. The Kier molecular flexibility index (Phi) is 5.94. The number of methoxy groups -OCH3 is 1. The van der Waals surface area contributed by atoms with Crippen LogP contribution in [0.15, 0.2) is 0 Å². The molecule has 0 radical (unpaired) electrons. The van der Waals surface area contributed by atoms with Crippen molar-refractivity contribution < 1.29 is 9.84 Å². The van der Waals surface area contributed by atoms with Gasteiger partial charge in [0.1, 0.15) is 0 Å². The molecular weight excluding hydrogens is 212 g/mol. The minimum Gasteiger partial charge on any atom is -0.390 e. The smallest absolute Gasteiger partial charge is 0.0936 e. The summed E-state index contributed by atoms with van der Waals surface area (Å²) in [7, 11) is 1.77. The van der Waals surface area contributed by atoms with Crippen LogP contribution in [0, 0.1) is 11.8 Å². The van der Waals surface area contributed by atoms with Crippen LogP contribution in [-0.4, -0.2) is 23.9 Å². The van der Waals surface area contributed by atoms with Crippen molar-refractivity contribution in [1.29, 1.82) is 0 Å². The van der Waals surface area contributed by atoms with Crippen molar-refractivity contribution >= 4 is 0 Å². The SMILES string of the molecule is CCC(CC)CC(O)C1(OC)CCC(C)CC1. The summed E-state index contributed by atoms with van der Waals surface area (Å²) in [6, 6.07) is 0. The average molecular weight is 242 g/mol.